The predicted octanol–water partition coefficient (Wildman–Crippen LogP) is 1.53. The number of benzene rings is 1. The number of aromatic nitrogens is 2. The molecule has 0 saturated carbocycles. The number of anilines is 1. The first-order chi connectivity index (χ1) is 8.78. The molecule has 0 saturated heterocycles. The largest absolute Gasteiger partial charge is 0.294 e. The quantitative estimate of drug-likeness (QED) is 0.879. The second-order valence-electron chi connectivity index (χ2n) is 3.61. The summed E-state index contributed by atoms with van der Waals surface area (Å²) in [5.74, 6) is 0.0991. The van der Waals surface area contributed by atoms with Gasteiger partial charge in [-0.05, 0) is 23.8 Å². The van der Waals surface area contributed by atoms with Gasteiger partial charge in [0.05, 0.1) is 18.1 Å². The lowest BCUT2D eigenvalue weighted by atomic mass is 10.1. The molecule has 0 bridgehead atoms. The SMILES string of the molecule is N#Cc1ccc(CC(=O)Nc2ncccn2)cc1. The zero-order chi connectivity index (χ0) is 12.8. The molecule has 1 N–H and O–H groups in total. The summed E-state index contributed by atoms with van der Waals surface area (Å²) in [4.78, 5) is 19.5. The minimum atomic E-state index is -0.189. The van der Waals surface area contributed by atoms with Gasteiger partial charge in [0, 0.05) is 12.4 Å². The summed E-state index contributed by atoms with van der Waals surface area (Å²) in [6.45, 7) is 0. The number of rotatable bonds is 3. The van der Waals surface area contributed by atoms with E-state index in [0.717, 1.165) is 5.56 Å². The molecule has 5 heteroatoms. The van der Waals surface area contributed by atoms with Crippen molar-refractivity contribution < 1.29 is 4.79 Å². The molecule has 1 heterocycles. The van der Waals surface area contributed by atoms with E-state index in [1.54, 1.807) is 42.7 Å². The number of nitrogens with zero attached hydrogens (tertiary/aromatic N) is 3. The highest BCUT2D eigenvalue weighted by atomic mass is 16.1. The molecule has 88 valence electrons. The van der Waals surface area contributed by atoms with Gasteiger partial charge in [-0.25, -0.2) is 9.97 Å². The normalized spacial score (nSPS) is 9.50. The van der Waals surface area contributed by atoms with Crippen LogP contribution in [-0.2, 0) is 11.2 Å². The molecule has 0 fully saturated rings. The van der Waals surface area contributed by atoms with E-state index in [0.29, 0.717) is 5.56 Å². The van der Waals surface area contributed by atoms with E-state index in [1.807, 2.05) is 6.07 Å². The van der Waals surface area contributed by atoms with Crippen LogP contribution in [0.4, 0.5) is 5.95 Å². The lowest BCUT2D eigenvalue weighted by Gasteiger charge is -2.03. The van der Waals surface area contributed by atoms with Crippen LogP contribution >= 0.6 is 0 Å². The van der Waals surface area contributed by atoms with E-state index < -0.39 is 0 Å². The highest BCUT2D eigenvalue weighted by molar-refractivity contribution is 5.90. The third-order valence-electron chi connectivity index (χ3n) is 2.26. The molecule has 2 aromatic rings. The molecular weight excluding hydrogens is 228 g/mol. The second-order valence-corrected chi connectivity index (χ2v) is 3.61. The van der Waals surface area contributed by atoms with Crippen LogP contribution in [0.25, 0.3) is 0 Å². The predicted molar refractivity (Wildman–Crippen MR) is 65.5 cm³/mol. The van der Waals surface area contributed by atoms with Gasteiger partial charge in [0.15, 0.2) is 0 Å². The Hall–Kier alpha value is -2.74. The minimum Gasteiger partial charge on any atom is -0.294 e. The third-order valence-corrected chi connectivity index (χ3v) is 2.26. The number of carbonyl (C=O) groups excluding carboxylic acids is 1. The molecule has 18 heavy (non-hydrogen) atoms. The monoisotopic (exact) mass is 238 g/mol. The average molecular weight is 238 g/mol. The van der Waals surface area contributed by atoms with Gasteiger partial charge in [0.25, 0.3) is 0 Å². The zero-order valence-electron chi connectivity index (χ0n) is 9.50. The Kier molecular flexibility index (Phi) is 3.62. The van der Waals surface area contributed by atoms with Crippen molar-refractivity contribution in [3.8, 4) is 6.07 Å². The van der Waals surface area contributed by atoms with Gasteiger partial charge in [0.1, 0.15) is 0 Å². The molecule has 0 unspecified atom stereocenters. The van der Waals surface area contributed by atoms with Gasteiger partial charge < -0.3 is 0 Å². The number of nitrogens with one attached hydrogen (secondary N) is 1. The highest BCUT2D eigenvalue weighted by Gasteiger charge is 2.05. The van der Waals surface area contributed by atoms with Crippen LogP contribution in [0.3, 0.4) is 0 Å². The number of nitriles is 1. The average Bonchev–Trinajstić information content (AvgIpc) is 2.40. The molecule has 0 radical (unpaired) electrons. The Labute approximate surface area is 104 Å². The lowest BCUT2D eigenvalue weighted by Crippen LogP contribution is -2.16. The number of amides is 1. The van der Waals surface area contributed by atoms with E-state index in [-0.39, 0.29) is 18.3 Å². The van der Waals surface area contributed by atoms with E-state index >= 15 is 0 Å². The van der Waals surface area contributed by atoms with Crippen molar-refractivity contribution >= 4 is 11.9 Å². The maximum Gasteiger partial charge on any atom is 0.231 e. The van der Waals surface area contributed by atoms with Crippen molar-refractivity contribution in [3.63, 3.8) is 0 Å². The zero-order valence-corrected chi connectivity index (χ0v) is 9.50. The smallest absolute Gasteiger partial charge is 0.231 e. The number of carbonyl (C=O) groups is 1. The van der Waals surface area contributed by atoms with Gasteiger partial charge in [-0.1, -0.05) is 12.1 Å². The summed E-state index contributed by atoms with van der Waals surface area (Å²) >= 11 is 0. The van der Waals surface area contributed by atoms with Gasteiger partial charge in [-0.2, -0.15) is 5.26 Å². The number of hydrogen-bond acceptors (Lipinski definition) is 4. The Morgan fingerprint density at radius 3 is 2.50 bits per heavy atom. The Morgan fingerprint density at radius 2 is 1.89 bits per heavy atom. The van der Waals surface area contributed by atoms with Crippen LogP contribution in [0.2, 0.25) is 0 Å². The van der Waals surface area contributed by atoms with E-state index in [9.17, 15) is 4.79 Å². The third kappa shape index (κ3) is 3.12. The van der Waals surface area contributed by atoms with Gasteiger partial charge in [-0.3, -0.25) is 10.1 Å². The topological polar surface area (TPSA) is 78.7 Å². The van der Waals surface area contributed by atoms with Crippen LogP contribution in [-0.4, -0.2) is 15.9 Å². The van der Waals surface area contributed by atoms with Crippen LogP contribution in [0.15, 0.2) is 42.7 Å². The van der Waals surface area contributed by atoms with Gasteiger partial charge >= 0.3 is 0 Å². The fourth-order valence-corrected chi connectivity index (χ4v) is 1.42. The van der Waals surface area contributed by atoms with Crippen molar-refractivity contribution in [1.29, 1.82) is 5.26 Å². The summed E-state index contributed by atoms with van der Waals surface area (Å²) in [5.41, 5.74) is 1.41. The first-order valence-corrected chi connectivity index (χ1v) is 5.34. The van der Waals surface area contributed by atoms with Crippen LogP contribution in [0, 0.1) is 11.3 Å². The van der Waals surface area contributed by atoms with Crippen molar-refractivity contribution in [1.82, 2.24) is 9.97 Å². The molecular formula is C13H10N4O. The maximum atomic E-state index is 11.7. The van der Waals surface area contributed by atoms with Crippen LogP contribution in [0.5, 0.6) is 0 Å². The molecule has 0 aliphatic heterocycles. The lowest BCUT2D eigenvalue weighted by molar-refractivity contribution is -0.115. The molecule has 0 aliphatic carbocycles. The van der Waals surface area contributed by atoms with Crippen molar-refractivity contribution in [2.75, 3.05) is 5.32 Å². The van der Waals surface area contributed by atoms with Crippen molar-refractivity contribution in [3.05, 3.63) is 53.9 Å². The first-order valence-electron chi connectivity index (χ1n) is 5.34. The molecule has 2 rings (SSSR count). The second kappa shape index (κ2) is 5.55. The fourth-order valence-electron chi connectivity index (χ4n) is 1.42. The molecule has 1 aromatic carbocycles. The van der Waals surface area contributed by atoms with E-state index in [2.05, 4.69) is 15.3 Å². The van der Waals surface area contributed by atoms with Crippen LogP contribution in [0.1, 0.15) is 11.1 Å². The van der Waals surface area contributed by atoms with Crippen molar-refractivity contribution in [2.45, 2.75) is 6.42 Å². The summed E-state index contributed by atoms with van der Waals surface area (Å²) < 4.78 is 0. The molecule has 0 spiro atoms. The summed E-state index contributed by atoms with van der Waals surface area (Å²) in [6.07, 6.45) is 3.35. The van der Waals surface area contributed by atoms with E-state index in [4.69, 9.17) is 5.26 Å². The van der Waals surface area contributed by atoms with Gasteiger partial charge in [-0.15, -0.1) is 0 Å². The first kappa shape index (κ1) is 11.7. The summed E-state index contributed by atoms with van der Waals surface area (Å²) in [6, 6.07) is 10.6. The van der Waals surface area contributed by atoms with Crippen molar-refractivity contribution in [2.24, 2.45) is 0 Å². The summed E-state index contributed by atoms with van der Waals surface area (Å²) in [5, 5.41) is 11.3. The summed E-state index contributed by atoms with van der Waals surface area (Å²) in [7, 11) is 0. The fraction of sp³-hybridized carbons (Fsp3) is 0.0769. The Bertz CT molecular complexity index is 572. The Balaban J connectivity index is 1.97. The molecule has 0 atom stereocenters. The van der Waals surface area contributed by atoms with E-state index in [1.165, 1.54) is 0 Å². The van der Waals surface area contributed by atoms with Gasteiger partial charge in [0.2, 0.25) is 11.9 Å². The molecule has 1 amide bonds. The molecule has 0 aliphatic rings. The molecule has 5 nitrogen and oxygen atoms in total. The standard InChI is InChI=1S/C13H10N4O/c14-9-11-4-2-10(3-5-11)8-12(18)17-13-15-6-1-7-16-13/h1-7H,8H2,(H,15,16,17,18). The maximum absolute atomic E-state index is 11.7. The molecule has 1 aromatic heterocycles. The van der Waals surface area contributed by atoms with Crippen LogP contribution < -0.4 is 5.32 Å². The highest BCUT2D eigenvalue weighted by Crippen LogP contribution is 2.05. The Morgan fingerprint density at radius 1 is 1.22 bits per heavy atom. The number of hydrogen-bond donors (Lipinski definition) is 1. The minimum absolute atomic E-state index is 0.189.